The van der Waals surface area contributed by atoms with E-state index in [-0.39, 0.29) is 4.90 Å². The van der Waals surface area contributed by atoms with Crippen LogP contribution in [0.25, 0.3) is 0 Å². The smallest absolute Gasteiger partial charge is 0.246 e. The summed E-state index contributed by atoms with van der Waals surface area (Å²) < 4.78 is 40.3. The summed E-state index contributed by atoms with van der Waals surface area (Å²) in [6.45, 7) is 4.14. The van der Waals surface area contributed by atoms with Gasteiger partial charge in [-0.3, -0.25) is 0 Å². The molecule has 0 saturated carbocycles. The Labute approximate surface area is 125 Å². The van der Waals surface area contributed by atoms with Crippen LogP contribution in [0.5, 0.6) is 0 Å². The summed E-state index contributed by atoms with van der Waals surface area (Å²) in [5.41, 5.74) is 0.774. The molecule has 6 heteroatoms. The minimum absolute atomic E-state index is 0.228. The maximum absolute atomic E-state index is 14.0. The third-order valence-corrected chi connectivity index (χ3v) is 5.27. The Hall–Kier alpha value is -1.24. The molecule has 0 aromatic heterocycles. The highest BCUT2D eigenvalue weighted by Gasteiger charge is 2.27. The lowest BCUT2D eigenvalue weighted by molar-refractivity contribution is 0.432. The third kappa shape index (κ3) is 3.90. The van der Waals surface area contributed by atoms with Gasteiger partial charge in [-0.05, 0) is 37.1 Å². The first-order valence-electron chi connectivity index (χ1n) is 7.20. The SMILES string of the molecule is CCCNCc1ccc(F)c(S(=O)(=O)N2CC=CCC2)c1. The van der Waals surface area contributed by atoms with Crippen molar-refractivity contribution in [3.63, 3.8) is 0 Å². The van der Waals surface area contributed by atoms with Crippen LogP contribution >= 0.6 is 0 Å². The van der Waals surface area contributed by atoms with Gasteiger partial charge >= 0.3 is 0 Å². The Morgan fingerprint density at radius 3 is 2.81 bits per heavy atom. The van der Waals surface area contributed by atoms with Crippen molar-refractivity contribution in [3.8, 4) is 0 Å². The molecule has 0 radical (unpaired) electrons. The minimum Gasteiger partial charge on any atom is -0.313 e. The number of hydrogen-bond acceptors (Lipinski definition) is 3. The zero-order chi connectivity index (χ0) is 15.3. The van der Waals surface area contributed by atoms with E-state index in [0.29, 0.717) is 26.1 Å². The number of halogens is 1. The number of nitrogens with zero attached hydrogens (tertiary/aromatic N) is 1. The highest BCUT2D eigenvalue weighted by Crippen LogP contribution is 2.22. The lowest BCUT2D eigenvalue weighted by Gasteiger charge is -2.23. The summed E-state index contributed by atoms with van der Waals surface area (Å²) in [4.78, 5) is -0.228. The molecule has 0 atom stereocenters. The average Bonchev–Trinajstić information content (AvgIpc) is 2.50. The van der Waals surface area contributed by atoms with Gasteiger partial charge in [-0.2, -0.15) is 4.31 Å². The highest BCUT2D eigenvalue weighted by atomic mass is 32.2. The fraction of sp³-hybridized carbons (Fsp3) is 0.467. The Kier molecular flexibility index (Phi) is 5.50. The summed E-state index contributed by atoms with van der Waals surface area (Å²) in [5, 5.41) is 3.19. The topological polar surface area (TPSA) is 49.4 Å². The Morgan fingerprint density at radius 1 is 1.33 bits per heavy atom. The standard InChI is InChI=1S/C15H21FN2O2S/c1-2-8-17-12-13-6-7-14(16)15(11-13)21(19,20)18-9-4-3-5-10-18/h3-4,6-7,11,17H,2,5,8-10,12H2,1H3. The van der Waals surface area contributed by atoms with Crippen LogP contribution in [0.4, 0.5) is 4.39 Å². The predicted molar refractivity (Wildman–Crippen MR) is 80.9 cm³/mol. The van der Waals surface area contributed by atoms with Crippen LogP contribution < -0.4 is 5.32 Å². The second-order valence-corrected chi connectivity index (χ2v) is 6.97. The normalized spacial score (nSPS) is 16.3. The van der Waals surface area contributed by atoms with E-state index in [1.165, 1.54) is 16.4 Å². The average molecular weight is 312 g/mol. The van der Waals surface area contributed by atoms with Crippen molar-refractivity contribution < 1.29 is 12.8 Å². The van der Waals surface area contributed by atoms with Crippen molar-refractivity contribution in [2.75, 3.05) is 19.6 Å². The van der Waals surface area contributed by atoms with E-state index in [1.54, 1.807) is 12.1 Å². The van der Waals surface area contributed by atoms with Crippen LogP contribution in [0.3, 0.4) is 0 Å². The van der Waals surface area contributed by atoms with Crippen LogP contribution in [0.15, 0.2) is 35.2 Å². The van der Waals surface area contributed by atoms with Gasteiger partial charge < -0.3 is 5.32 Å². The highest BCUT2D eigenvalue weighted by molar-refractivity contribution is 7.89. The van der Waals surface area contributed by atoms with Crippen LogP contribution in [0.1, 0.15) is 25.3 Å². The van der Waals surface area contributed by atoms with Crippen molar-refractivity contribution in [1.29, 1.82) is 0 Å². The molecule has 1 aromatic carbocycles. The van der Waals surface area contributed by atoms with E-state index in [4.69, 9.17) is 0 Å². The number of hydrogen-bond donors (Lipinski definition) is 1. The van der Waals surface area contributed by atoms with Gasteiger partial charge in [-0.25, -0.2) is 12.8 Å². The monoisotopic (exact) mass is 312 g/mol. The van der Waals surface area contributed by atoms with E-state index < -0.39 is 15.8 Å². The molecule has 0 spiro atoms. The van der Waals surface area contributed by atoms with E-state index in [2.05, 4.69) is 12.2 Å². The molecule has 1 aliphatic heterocycles. The van der Waals surface area contributed by atoms with E-state index in [0.717, 1.165) is 18.5 Å². The molecule has 116 valence electrons. The first-order chi connectivity index (χ1) is 10.1. The number of sulfonamides is 1. The molecule has 0 aliphatic carbocycles. The molecular weight excluding hydrogens is 291 g/mol. The fourth-order valence-electron chi connectivity index (χ4n) is 2.24. The zero-order valence-corrected chi connectivity index (χ0v) is 13.0. The molecule has 0 unspecified atom stereocenters. The Balaban J connectivity index is 2.24. The first-order valence-corrected chi connectivity index (χ1v) is 8.64. The van der Waals surface area contributed by atoms with Crippen LogP contribution in [-0.4, -0.2) is 32.4 Å². The van der Waals surface area contributed by atoms with Gasteiger partial charge in [0.2, 0.25) is 10.0 Å². The molecule has 0 fully saturated rings. The van der Waals surface area contributed by atoms with Crippen LogP contribution in [0, 0.1) is 5.82 Å². The third-order valence-electron chi connectivity index (χ3n) is 3.39. The number of benzene rings is 1. The summed E-state index contributed by atoms with van der Waals surface area (Å²) in [6, 6.07) is 4.29. The maximum Gasteiger partial charge on any atom is 0.246 e. The molecule has 1 aliphatic rings. The van der Waals surface area contributed by atoms with Crippen molar-refractivity contribution in [3.05, 3.63) is 41.7 Å². The molecule has 1 aromatic rings. The largest absolute Gasteiger partial charge is 0.313 e. The van der Waals surface area contributed by atoms with Gasteiger partial charge in [-0.1, -0.05) is 25.1 Å². The van der Waals surface area contributed by atoms with Gasteiger partial charge in [0, 0.05) is 19.6 Å². The van der Waals surface area contributed by atoms with Gasteiger partial charge in [0.1, 0.15) is 10.7 Å². The molecule has 1 N–H and O–H groups in total. The lowest BCUT2D eigenvalue weighted by atomic mass is 10.2. The fourth-order valence-corrected chi connectivity index (χ4v) is 3.76. The molecule has 2 rings (SSSR count). The van der Waals surface area contributed by atoms with Crippen LogP contribution in [0.2, 0.25) is 0 Å². The minimum atomic E-state index is -3.77. The summed E-state index contributed by atoms with van der Waals surface area (Å²) in [5.74, 6) is -0.691. The number of rotatable bonds is 6. The molecule has 21 heavy (non-hydrogen) atoms. The van der Waals surface area contributed by atoms with Gasteiger partial charge in [0.25, 0.3) is 0 Å². The summed E-state index contributed by atoms with van der Waals surface area (Å²) in [7, 11) is -3.77. The lowest BCUT2D eigenvalue weighted by Crippen LogP contribution is -2.34. The maximum atomic E-state index is 14.0. The zero-order valence-electron chi connectivity index (χ0n) is 12.2. The molecule has 0 bridgehead atoms. The Morgan fingerprint density at radius 2 is 2.14 bits per heavy atom. The molecule has 4 nitrogen and oxygen atoms in total. The first kappa shape index (κ1) is 16.1. The van der Waals surface area contributed by atoms with Crippen molar-refractivity contribution in [2.24, 2.45) is 0 Å². The van der Waals surface area contributed by atoms with Gasteiger partial charge in [0.15, 0.2) is 0 Å². The summed E-state index contributed by atoms with van der Waals surface area (Å²) in [6.07, 6.45) is 5.39. The molecular formula is C15H21FN2O2S. The quantitative estimate of drug-likeness (QED) is 0.647. The predicted octanol–water partition coefficient (Wildman–Crippen LogP) is 2.28. The van der Waals surface area contributed by atoms with Crippen molar-refractivity contribution >= 4 is 10.0 Å². The van der Waals surface area contributed by atoms with Crippen molar-refractivity contribution in [1.82, 2.24) is 9.62 Å². The van der Waals surface area contributed by atoms with Gasteiger partial charge in [-0.15, -0.1) is 0 Å². The van der Waals surface area contributed by atoms with E-state index in [9.17, 15) is 12.8 Å². The Bertz CT molecular complexity index is 614. The second-order valence-electron chi connectivity index (χ2n) is 5.06. The number of nitrogens with one attached hydrogen (secondary N) is 1. The molecule has 0 saturated heterocycles. The van der Waals surface area contributed by atoms with E-state index >= 15 is 0 Å². The van der Waals surface area contributed by atoms with Crippen molar-refractivity contribution in [2.45, 2.75) is 31.2 Å². The van der Waals surface area contributed by atoms with Gasteiger partial charge in [0.05, 0.1) is 0 Å². The molecule has 1 heterocycles. The molecule has 0 amide bonds. The van der Waals surface area contributed by atoms with Crippen LogP contribution in [-0.2, 0) is 16.6 Å². The van der Waals surface area contributed by atoms with E-state index in [1.807, 2.05) is 6.08 Å². The summed E-state index contributed by atoms with van der Waals surface area (Å²) >= 11 is 0. The second kappa shape index (κ2) is 7.15.